The monoisotopic (exact) mass is 269 g/mol. The highest BCUT2D eigenvalue weighted by molar-refractivity contribution is 5.98. The Bertz CT molecular complexity index is 453. The van der Waals surface area contributed by atoms with Crippen LogP contribution >= 0.6 is 0 Å². The van der Waals surface area contributed by atoms with E-state index in [0.717, 1.165) is 0 Å². The third kappa shape index (κ3) is 3.90. The summed E-state index contributed by atoms with van der Waals surface area (Å²) < 4.78 is 9.89. The molecule has 1 rings (SSSR count). The average molecular weight is 269 g/mol. The van der Waals surface area contributed by atoms with Gasteiger partial charge in [0.25, 0.3) is 0 Å². The maximum Gasteiger partial charge on any atom is 0.317 e. The molecule has 0 aromatic carbocycles. The number of rotatable bonds is 7. The summed E-state index contributed by atoms with van der Waals surface area (Å²) >= 11 is 0. The molecule has 0 fully saturated rings. The smallest absolute Gasteiger partial charge is 0.317 e. The van der Waals surface area contributed by atoms with Gasteiger partial charge in [-0.15, -0.1) is 0 Å². The minimum absolute atomic E-state index is 0.103. The van der Waals surface area contributed by atoms with E-state index in [1.165, 1.54) is 19.3 Å². The van der Waals surface area contributed by atoms with Crippen molar-refractivity contribution < 1.29 is 23.7 Å². The SMILES string of the molecule is CCOC(=O)C(C(C)=O)C(C[N+](=O)[O-])c1ccco1. The standard InChI is InChI=1S/C12H15NO6/c1-3-18-12(15)11(8(2)14)9(7-13(16)17)10-5-4-6-19-10/h4-6,9,11H,3,7H2,1-2H3. The topological polar surface area (TPSA) is 99.7 Å². The summed E-state index contributed by atoms with van der Waals surface area (Å²) in [6, 6.07) is 3.05. The summed E-state index contributed by atoms with van der Waals surface area (Å²) in [5.41, 5.74) is 0. The Labute approximate surface area is 109 Å². The molecule has 0 aliphatic heterocycles. The first kappa shape index (κ1) is 14.9. The first-order chi connectivity index (χ1) is 8.97. The fourth-order valence-corrected chi connectivity index (χ4v) is 1.87. The van der Waals surface area contributed by atoms with Gasteiger partial charge >= 0.3 is 5.97 Å². The molecule has 0 bridgehead atoms. The molecule has 0 amide bonds. The van der Waals surface area contributed by atoms with Crippen LogP contribution in [0.1, 0.15) is 25.5 Å². The van der Waals surface area contributed by atoms with Crippen molar-refractivity contribution in [2.45, 2.75) is 19.8 Å². The van der Waals surface area contributed by atoms with Gasteiger partial charge in [-0.1, -0.05) is 0 Å². The molecule has 0 aliphatic rings. The van der Waals surface area contributed by atoms with Crippen LogP contribution in [-0.4, -0.2) is 29.8 Å². The Morgan fingerprint density at radius 1 is 1.53 bits per heavy atom. The average Bonchev–Trinajstić information content (AvgIpc) is 2.80. The third-order valence-electron chi connectivity index (χ3n) is 2.64. The van der Waals surface area contributed by atoms with Gasteiger partial charge in [-0.05, 0) is 26.0 Å². The fourth-order valence-electron chi connectivity index (χ4n) is 1.87. The van der Waals surface area contributed by atoms with E-state index >= 15 is 0 Å². The summed E-state index contributed by atoms with van der Waals surface area (Å²) in [5.74, 6) is -3.21. The number of hydrogen-bond donors (Lipinski definition) is 0. The molecule has 0 saturated heterocycles. The van der Waals surface area contributed by atoms with E-state index in [-0.39, 0.29) is 12.4 Å². The first-order valence-corrected chi connectivity index (χ1v) is 5.79. The van der Waals surface area contributed by atoms with Crippen molar-refractivity contribution in [3.63, 3.8) is 0 Å². The lowest BCUT2D eigenvalue weighted by atomic mass is 9.87. The number of nitrogens with zero attached hydrogens (tertiary/aromatic N) is 1. The van der Waals surface area contributed by atoms with Gasteiger partial charge in [0, 0.05) is 4.92 Å². The van der Waals surface area contributed by atoms with Crippen LogP contribution in [0.3, 0.4) is 0 Å². The van der Waals surface area contributed by atoms with Crippen molar-refractivity contribution in [3.05, 3.63) is 34.3 Å². The minimum Gasteiger partial charge on any atom is -0.469 e. The molecule has 1 aromatic heterocycles. The number of carbonyl (C=O) groups excluding carboxylic acids is 2. The Hall–Kier alpha value is -2.18. The molecule has 0 spiro atoms. The molecular weight excluding hydrogens is 254 g/mol. The third-order valence-corrected chi connectivity index (χ3v) is 2.64. The van der Waals surface area contributed by atoms with Crippen molar-refractivity contribution in [2.75, 3.05) is 13.2 Å². The molecule has 0 radical (unpaired) electrons. The lowest BCUT2D eigenvalue weighted by molar-refractivity contribution is -0.484. The predicted octanol–water partition coefficient (Wildman–Crippen LogP) is 1.41. The minimum atomic E-state index is -1.23. The van der Waals surface area contributed by atoms with Gasteiger partial charge < -0.3 is 9.15 Å². The van der Waals surface area contributed by atoms with Gasteiger partial charge in [0.15, 0.2) is 0 Å². The molecule has 19 heavy (non-hydrogen) atoms. The zero-order chi connectivity index (χ0) is 14.4. The van der Waals surface area contributed by atoms with Gasteiger partial charge in [-0.3, -0.25) is 19.7 Å². The molecule has 2 unspecified atom stereocenters. The number of ether oxygens (including phenoxy) is 1. The van der Waals surface area contributed by atoms with Crippen LogP contribution in [0.2, 0.25) is 0 Å². The number of nitro groups is 1. The van der Waals surface area contributed by atoms with Gasteiger partial charge in [-0.2, -0.15) is 0 Å². The zero-order valence-electron chi connectivity index (χ0n) is 10.7. The number of hydrogen-bond acceptors (Lipinski definition) is 6. The maximum absolute atomic E-state index is 11.8. The van der Waals surface area contributed by atoms with Crippen LogP contribution in [-0.2, 0) is 14.3 Å². The summed E-state index contributed by atoms with van der Waals surface area (Å²) in [6.45, 7) is 2.34. The maximum atomic E-state index is 11.8. The summed E-state index contributed by atoms with van der Waals surface area (Å²) in [5, 5.41) is 10.7. The zero-order valence-corrected chi connectivity index (χ0v) is 10.7. The number of esters is 1. The Balaban J connectivity index is 3.07. The van der Waals surface area contributed by atoms with Crippen molar-refractivity contribution in [1.82, 2.24) is 0 Å². The summed E-state index contributed by atoms with van der Waals surface area (Å²) in [4.78, 5) is 33.5. The molecule has 0 N–H and O–H groups in total. The van der Waals surface area contributed by atoms with Crippen molar-refractivity contribution in [3.8, 4) is 0 Å². The van der Waals surface area contributed by atoms with E-state index in [9.17, 15) is 19.7 Å². The summed E-state index contributed by atoms with van der Waals surface area (Å²) in [6.07, 6.45) is 1.34. The second kappa shape index (κ2) is 6.67. The predicted molar refractivity (Wildman–Crippen MR) is 64.1 cm³/mol. The lowest BCUT2D eigenvalue weighted by Gasteiger charge is -2.18. The molecule has 7 heteroatoms. The molecule has 0 saturated carbocycles. The van der Waals surface area contributed by atoms with Gasteiger partial charge in [0.05, 0.1) is 12.9 Å². The van der Waals surface area contributed by atoms with Crippen LogP contribution < -0.4 is 0 Å². The van der Waals surface area contributed by atoms with E-state index in [1.807, 2.05) is 0 Å². The van der Waals surface area contributed by atoms with Gasteiger partial charge in [-0.25, -0.2) is 0 Å². The van der Waals surface area contributed by atoms with Crippen LogP contribution in [0.15, 0.2) is 22.8 Å². The van der Waals surface area contributed by atoms with E-state index in [0.29, 0.717) is 0 Å². The second-order valence-electron chi connectivity index (χ2n) is 3.98. The second-order valence-corrected chi connectivity index (χ2v) is 3.98. The quantitative estimate of drug-likeness (QED) is 0.321. The molecule has 0 aliphatic carbocycles. The van der Waals surface area contributed by atoms with Crippen molar-refractivity contribution in [1.29, 1.82) is 0 Å². The van der Waals surface area contributed by atoms with E-state index < -0.39 is 35.1 Å². The molecule has 2 atom stereocenters. The fraction of sp³-hybridized carbons (Fsp3) is 0.500. The van der Waals surface area contributed by atoms with E-state index in [4.69, 9.17) is 9.15 Å². The number of ketones is 1. The Kier molecular flexibility index (Phi) is 5.23. The van der Waals surface area contributed by atoms with E-state index in [1.54, 1.807) is 13.0 Å². The highest BCUT2D eigenvalue weighted by Gasteiger charge is 2.39. The van der Waals surface area contributed by atoms with Crippen LogP contribution in [0, 0.1) is 16.0 Å². The highest BCUT2D eigenvalue weighted by atomic mass is 16.6. The van der Waals surface area contributed by atoms with Crippen LogP contribution in [0.5, 0.6) is 0 Å². The van der Waals surface area contributed by atoms with E-state index in [2.05, 4.69) is 0 Å². The molecular formula is C12H15NO6. The molecule has 1 aromatic rings. The molecule has 1 heterocycles. The Morgan fingerprint density at radius 3 is 2.63 bits per heavy atom. The number of Topliss-reactive ketones (excluding diaryl/α,β-unsaturated/α-hetero) is 1. The molecule has 104 valence electrons. The first-order valence-electron chi connectivity index (χ1n) is 5.79. The summed E-state index contributed by atoms with van der Waals surface area (Å²) in [7, 11) is 0. The molecule has 7 nitrogen and oxygen atoms in total. The van der Waals surface area contributed by atoms with Crippen molar-refractivity contribution >= 4 is 11.8 Å². The van der Waals surface area contributed by atoms with Gasteiger partial charge in [0.2, 0.25) is 6.54 Å². The highest BCUT2D eigenvalue weighted by Crippen LogP contribution is 2.27. The van der Waals surface area contributed by atoms with Crippen LogP contribution in [0.25, 0.3) is 0 Å². The normalized spacial score (nSPS) is 13.6. The Morgan fingerprint density at radius 2 is 2.21 bits per heavy atom. The number of carbonyl (C=O) groups is 2. The van der Waals surface area contributed by atoms with Gasteiger partial charge in [0.1, 0.15) is 23.4 Å². The lowest BCUT2D eigenvalue weighted by Crippen LogP contribution is -2.33. The number of furan rings is 1. The largest absolute Gasteiger partial charge is 0.469 e. The van der Waals surface area contributed by atoms with Crippen molar-refractivity contribution in [2.24, 2.45) is 5.92 Å². The van der Waals surface area contributed by atoms with Crippen LogP contribution in [0.4, 0.5) is 0 Å².